The first-order valence-electron chi connectivity index (χ1n) is 4.40. The summed E-state index contributed by atoms with van der Waals surface area (Å²) in [4.78, 5) is 21.2. The number of hydrogen-bond acceptors (Lipinski definition) is 5. The number of methoxy groups -OCH3 is 1. The van der Waals surface area contributed by atoms with Gasteiger partial charge in [0.2, 0.25) is 0 Å². The molecule has 0 rings (SSSR count). The van der Waals surface area contributed by atoms with E-state index in [1.807, 2.05) is 0 Å². The van der Waals surface area contributed by atoms with Crippen LogP contribution in [-0.2, 0) is 14.3 Å². The largest absolute Gasteiger partial charge is 0.550 e. The Balaban J connectivity index is 4.74. The molecule has 0 radical (unpaired) electrons. The van der Waals surface area contributed by atoms with Crippen molar-refractivity contribution in [3.63, 3.8) is 0 Å². The van der Waals surface area contributed by atoms with Gasteiger partial charge in [-0.15, -0.1) is 0 Å². The van der Waals surface area contributed by atoms with Gasteiger partial charge in [-0.2, -0.15) is 0 Å². The first kappa shape index (κ1) is 12.9. The highest BCUT2D eigenvalue weighted by atomic mass is 16.5. The van der Waals surface area contributed by atoms with E-state index in [9.17, 15) is 19.8 Å². The summed E-state index contributed by atoms with van der Waals surface area (Å²) in [5.41, 5.74) is 0. The molecule has 0 aromatic rings. The van der Waals surface area contributed by atoms with Crippen molar-refractivity contribution in [1.82, 2.24) is 0 Å². The molecule has 0 aliphatic rings. The maximum atomic E-state index is 10.7. The lowest BCUT2D eigenvalue weighted by atomic mass is 9.87. The summed E-state index contributed by atoms with van der Waals surface area (Å²) in [7, 11) is 1.34. The number of carboxylic acid groups (broad SMARTS) is 2. The van der Waals surface area contributed by atoms with E-state index < -0.39 is 29.9 Å². The molecular formula is C9H14O5-2. The molecule has 3 atom stereocenters. The molecule has 14 heavy (non-hydrogen) atoms. The molecule has 0 aromatic heterocycles. The number of hydrogen-bond donors (Lipinski definition) is 0. The Bertz CT molecular complexity index is 209. The van der Waals surface area contributed by atoms with Gasteiger partial charge < -0.3 is 24.5 Å². The van der Waals surface area contributed by atoms with Crippen LogP contribution in [0.3, 0.4) is 0 Å². The minimum atomic E-state index is -1.42. The summed E-state index contributed by atoms with van der Waals surface area (Å²) in [6, 6.07) is 0. The number of aliphatic carboxylic acids is 2. The van der Waals surface area contributed by atoms with Crippen molar-refractivity contribution >= 4 is 11.9 Å². The first-order valence-corrected chi connectivity index (χ1v) is 4.40. The van der Waals surface area contributed by atoms with Gasteiger partial charge in [0.25, 0.3) is 0 Å². The zero-order chi connectivity index (χ0) is 11.3. The summed E-state index contributed by atoms with van der Waals surface area (Å²) in [6.45, 7) is 2.99. The van der Waals surface area contributed by atoms with Crippen LogP contribution in [0.1, 0.15) is 20.3 Å². The molecule has 0 heterocycles. The fraction of sp³-hybridized carbons (Fsp3) is 0.778. The predicted molar refractivity (Wildman–Crippen MR) is 43.8 cm³/mol. The summed E-state index contributed by atoms with van der Waals surface area (Å²) in [6.07, 6.45) is -0.250. The molecule has 0 aliphatic carbocycles. The lowest BCUT2D eigenvalue weighted by molar-refractivity contribution is -0.329. The average molecular weight is 202 g/mol. The maximum Gasteiger partial charge on any atom is 0.0655 e. The Kier molecular flexibility index (Phi) is 5.15. The van der Waals surface area contributed by atoms with Crippen molar-refractivity contribution in [3.8, 4) is 0 Å². The van der Waals surface area contributed by atoms with Gasteiger partial charge in [0.1, 0.15) is 0 Å². The lowest BCUT2D eigenvalue weighted by Gasteiger charge is -2.31. The molecule has 0 saturated carbocycles. The Morgan fingerprint density at radius 3 is 2.00 bits per heavy atom. The van der Waals surface area contributed by atoms with E-state index >= 15 is 0 Å². The molecule has 0 N–H and O–H groups in total. The fourth-order valence-electron chi connectivity index (χ4n) is 1.39. The average Bonchev–Trinajstić information content (AvgIpc) is 2.12. The van der Waals surface area contributed by atoms with E-state index in [4.69, 9.17) is 4.74 Å². The van der Waals surface area contributed by atoms with Gasteiger partial charge in [-0.05, 0) is 6.42 Å². The fourth-order valence-corrected chi connectivity index (χ4v) is 1.39. The Morgan fingerprint density at radius 1 is 1.29 bits per heavy atom. The highest BCUT2D eigenvalue weighted by Gasteiger charge is 2.27. The molecule has 0 aliphatic heterocycles. The van der Waals surface area contributed by atoms with Gasteiger partial charge in [-0.1, -0.05) is 13.8 Å². The van der Waals surface area contributed by atoms with Crippen LogP contribution in [-0.4, -0.2) is 25.2 Å². The van der Waals surface area contributed by atoms with E-state index in [2.05, 4.69) is 0 Å². The Morgan fingerprint density at radius 2 is 1.79 bits per heavy atom. The van der Waals surface area contributed by atoms with E-state index in [1.54, 1.807) is 6.92 Å². The van der Waals surface area contributed by atoms with Crippen LogP contribution < -0.4 is 10.2 Å². The smallest absolute Gasteiger partial charge is 0.0655 e. The van der Waals surface area contributed by atoms with Gasteiger partial charge in [0.15, 0.2) is 0 Å². The predicted octanol–water partition coefficient (Wildman–Crippen LogP) is -1.84. The molecule has 0 saturated heterocycles. The zero-order valence-electron chi connectivity index (χ0n) is 8.48. The number of rotatable bonds is 6. The molecule has 5 nitrogen and oxygen atoms in total. The van der Waals surface area contributed by atoms with Crippen molar-refractivity contribution in [2.24, 2.45) is 11.8 Å². The third kappa shape index (κ3) is 2.99. The normalized spacial score (nSPS) is 17.1. The summed E-state index contributed by atoms with van der Waals surface area (Å²) < 4.78 is 4.88. The van der Waals surface area contributed by atoms with E-state index in [-0.39, 0.29) is 0 Å². The SMILES string of the molecule is CCC(OC)C(C(=O)[O-])C(C)C(=O)[O-]. The van der Waals surface area contributed by atoms with Crippen LogP contribution >= 0.6 is 0 Å². The van der Waals surface area contributed by atoms with Crippen molar-refractivity contribution < 1.29 is 24.5 Å². The molecule has 5 heteroatoms. The van der Waals surface area contributed by atoms with Crippen molar-refractivity contribution in [2.75, 3.05) is 7.11 Å². The third-order valence-electron chi connectivity index (χ3n) is 2.29. The highest BCUT2D eigenvalue weighted by Crippen LogP contribution is 2.19. The molecule has 0 fully saturated rings. The van der Waals surface area contributed by atoms with Crippen molar-refractivity contribution in [3.05, 3.63) is 0 Å². The highest BCUT2D eigenvalue weighted by molar-refractivity contribution is 5.78. The van der Waals surface area contributed by atoms with Crippen LogP contribution in [0.5, 0.6) is 0 Å². The lowest BCUT2D eigenvalue weighted by Crippen LogP contribution is -2.48. The molecule has 0 spiro atoms. The van der Waals surface area contributed by atoms with E-state index in [1.165, 1.54) is 14.0 Å². The van der Waals surface area contributed by atoms with Crippen LogP contribution in [0.25, 0.3) is 0 Å². The van der Waals surface area contributed by atoms with Crippen LogP contribution in [0, 0.1) is 11.8 Å². The second-order valence-corrected chi connectivity index (χ2v) is 3.13. The minimum absolute atomic E-state index is 0.409. The van der Waals surface area contributed by atoms with Crippen LogP contribution in [0.2, 0.25) is 0 Å². The van der Waals surface area contributed by atoms with Crippen molar-refractivity contribution in [2.45, 2.75) is 26.4 Å². The Hall–Kier alpha value is -1.10. The molecule has 0 amide bonds. The standard InChI is InChI=1S/C9H16O5/c1-4-6(14-3)7(9(12)13)5(2)8(10)11/h5-7H,4H2,1-3H3,(H,10,11)(H,12,13)/p-2. The first-order chi connectivity index (χ1) is 6.45. The number of ether oxygens (including phenoxy) is 1. The summed E-state index contributed by atoms with van der Waals surface area (Å²) in [5, 5.41) is 21.2. The second kappa shape index (κ2) is 5.59. The van der Waals surface area contributed by atoms with Gasteiger partial charge >= 0.3 is 0 Å². The van der Waals surface area contributed by atoms with Gasteiger partial charge in [0.05, 0.1) is 6.10 Å². The summed E-state index contributed by atoms with van der Waals surface area (Å²) >= 11 is 0. The topological polar surface area (TPSA) is 89.5 Å². The summed E-state index contributed by atoms with van der Waals surface area (Å²) in [5.74, 6) is -5.12. The van der Waals surface area contributed by atoms with E-state index in [0.717, 1.165) is 0 Å². The molecule has 82 valence electrons. The molecule has 3 unspecified atom stereocenters. The molecule has 0 aromatic carbocycles. The monoisotopic (exact) mass is 202 g/mol. The molecular weight excluding hydrogens is 188 g/mol. The third-order valence-corrected chi connectivity index (χ3v) is 2.29. The van der Waals surface area contributed by atoms with E-state index in [0.29, 0.717) is 6.42 Å². The number of carboxylic acids is 2. The number of carbonyl (C=O) groups is 2. The minimum Gasteiger partial charge on any atom is -0.550 e. The van der Waals surface area contributed by atoms with Gasteiger partial charge in [-0.3, -0.25) is 0 Å². The van der Waals surface area contributed by atoms with Crippen molar-refractivity contribution in [1.29, 1.82) is 0 Å². The van der Waals surface area contributed by atoms with Gasteiger partial charge in [-0.25, -0.2) is 0 Å². The van der Waals surface area contributed by atoms with Crippen LogP contribution in [0.4, 0.5) is 0 Å². The Labute approximate surface area is 82.7 Å². The van der Waals surface area contributed by atoms with Gasteiger partial charge in [0, 0.05) is 30.9 Å². The second-order valence-electron chi connectivity index (χ2n) is 3.13. The quantitative estimate of drug-likeness (QED) is 0.505. The van der Waals surface area contributed by atoms with Crippen LogP contribution in [0.15, 0.2) is 0 Å². The number of carbonyl (C=O) groups excluding carboxylic acids is 2. The zero-order valence-corrected chi connectivity index (χ0v) is 8.48. The maximum absolute atomic E-state index is 10.7. The molecule has 0 bridgehead atoms.